The largest absolute Gasteiger partial charge is 0.370 e. The molecular formula is C9H10FN3. The zero-order chi connectivity index (χ0) is 9.26. The Morgan fingerprint density at radius 2 is 2.00 bits per heavy atom. The van der Waals surface area contributed by atoms with Crippen molar-refractivity contribution in [1.29, 1.82) is 0 Å². The van der Waals surface area contributed by atoms with E-state index < -0.39 is 0 Å². The molecule has 0 saturated carbocycles. The first kappa shape index (κ1) is 8.04. The van der Waals surface area contributed by atoms with Gasteiger partial charge in [-0.1, -0.05) is 0 Å². The summed E-state index contributed by atoms with van der Waals surface area (Å²) in [5.74, 6) is 0.269. The second-order valence-electron chi connectivity index (χ2n) is 2.87. The van der Waals surface area contributed by atoms with Crippen LogP contribution in [0.2, 0.25) is 0 Å². The summed E-state index contributed by atoms with van der Waals surface area (Å²) in [7, 11) is 0. The van der Waals surface area contributed by atoms with Crippen molar-refractivity contribution in [1.82, 2.24) is 0 Å². The molecule has 0 aliphatic carbocycles. The molecule has 0 saturated heterocycles. The third kappa shape index (κ3) is 1.47. The number of hydrogen-bond acceptors (Lipinski definition) is 3. The molecule has 0 atom stereocenters. The number of nitrogens with zero attached hydrogens (tertiary/aromatic N) is 2. The molecule has 0 fully saturated rings. The molecule has 1 aromatic carbocycles. The van der Waals surface area contributed by atoms with Crippen molar-refractivity contribution >= 4 is 11.6 Å². The summed E-state index contributed by atoms with van der Waals surface area (Å²) in [6.07, 6.45) is 0. The van der Waals surface area contributed by atoms with Crippen LogP contribution in [0, 0.1) is 5.82 Å². The van der Waals surface area contributed by atoms with E-state index in [4.69, 9.17) is 5.73 Å². The number of aliphatic imine (C=N–C) groups is 1. The van der Waals surface area contributed by atoms with Crippen LogP contribution < -0.4 is 10.6 Å². The molecule has 2 rings (SSSR count). The summed E-state index contributed by atoms with van der Waals surface area (Å²) in [4.78, 5) is 5.90. The summed E-state index contributed by atoms with van der Waals surface area (Å²) in [5, 5.41) is 0. The Kier molecular flexibility index (Phi) is 1.88. The van der Waals surface area contributed by atoms with Crippen molar-refractivity contribution < 1.29 is 4.39 Å². The lowest BCUT2D eigenvalue weighted by molar-refractivity contribution is 0.628. The number of rotatable bonds is 1. The van der Waals surface area contributed by atoms with Gasteiger partial charge in [0.05, 0.1) is 6.54 Å². The first-order valence-corrected chi connectivity index (χ1v) is 4.10. The fraction of sp³-hybridized carbons (Fsp3) is 0.222. The summed E-state index contributed by atoms with van der Waals surface area (Å²) in [5.41, 5.74) is 6.52. The van der Waals surface area contributed by atoms with E-state index in [0.717, 1.165) is 12.2 Å². The number of nitrogens with two attached hydrogens (primary N) is 1. The van der Waals surface area contributed by atoms with Gasteiger partial charge in [0.1, 0.15) is 5.82 Å². The summed E-state index contributed by atoms with van der Waals surface area (Å²) in [6, 6.07) is 6.23. The van der Waals surface area contributed by atoms with Crippen LogP contribution in [0.1, 0.15) is 0 Å². The Bertz CT molecular complexity index is 331. The van der Waals surface area contributed by atoms with Gasteiger partial charge in [-0.05, 0) is 24.3 Å². The Morgan fingerprint density at radius 3 is 2.54 bits per heavy atom. The molecule has 2 N–H and O–H groups in total. The van der Waals surface area contributed by atoms with Crippen molar-refractivity contribution in [3.05, 3.63) is 30.1 Å². The number of benzene rings is 1. The van der Waals surface area contributed by atoms with Crippen molar-refractivity contribution in [2.75, 3.05) is 18.0 Å². The van der Waals surface area contributed by atoms with E-state index in [9.17, 15) is 4.39 Å². The lowest BCUT2D eigenvalue weighted by Crippen LogP contribution is -2.33. The predicted molar refractivity (Wildman–Crippen MR) is 50.2 cm³/mol. The standard InChI is InChI=1S/C9H10FN3/c10-7-1-3-8(4-2-7)13-6-5-12-9(13)11/h1-4H,5-6H2,(H2,11,12). The molecule has 3 nitrogen and oxygen atoms in total. The second-order valence-corrected chi connectivity index (χ2v) is 2.87. The lowest BCUT2D eigenvalue weighted by Gasteiger charge is -2.16. The molecule has 68 valence electrons. The Hall–Kier alpha value is -1.58. The van der Waals surface area contributed by atoms with Crippen molar-refractivity contribution in [3.8, 4) is 0 Å². The maximum atomic E-state index is 12.6. The van der Waals surface area contributed by atoms with Gasteiger partial charge in [0, 0.05) is 12.2 Å². The van der Waals surface area contributed by atoms with Crippen LogP contribution in [-0.2, 0) is 0 Å². The van der Waals surface area contributed by atoms with Crippen LogP contribution in [0.4, 0.5) is 10.1 Å². The van der Waals surface area contributed by atoms with Gasteiger partial charge in [0.25, 0.3) is 0 Å². The van der Waals surface area contributed by atoms with Crippen LogP contribution in [0.15, 0.2) is 29.3 Å². The van der Waals surface area contributed by atoms with Crippen LogP contribution in [0.3, 0.4) is 0 Å². The maximum Gasteiger partial charge on any atom is 0.195 e. The molecule has 4 heteroatoms. The van der Waals surface area contributed by atoms with Gasteiger partial charge in [-0.3, -0.25) is 4.99 Å². The second kappa shape index (κ2) is 3.05. The molecule has 13 heavy (non-hydrogen) atoms. The number of guanidine groups is 1. The van der Waals surface area contributed by atoms with Crippen molar-refractivity contribution in [3.63, 3.8) is 0 Å². The van der Waals surface area contributed by atoms with E-state index in [1.165, 1.54) is 12.1 Å². The molecule has 1 aliphatic rings. The minimum absolute atomic E-state index is 0.238. The average Bonchev–Trinajstić information content (AvgIpc) is 2.53. The van der Waals surface area contributed by atoms with E-state index in [0.29, 0.717) is 12.5 Å². The van der Waals surface area contributed by atoms with Gasteiger partial charge in [-0.25, -0.2) is 4.39 Å². The molecule has 0 bridgehead atoms. The zero-order valence-corrected chi connectivity index (χ0v) is 7.07. The van der Waals surface area contributed by atoms with E-state index in [-0.39, 0.29) is 5.82 Å². The third-order valence-electron chi connectivity index (χ3n) is 2.01. The smallest absolute Gasteiger partial charge is 0.195 e. The quantitative estimate of drug-likeness (QED) is 0.697. The van der Waals surface area contributed by atoms with Gasteiger partial charge >= 0.3 is 0 Å². The van der Waals surface area contributed by atoms with Crippen LogP contribution in [0.5, 0.6) is 0 Å². The topological polar surface area (TPSA) is 41.6 Å². The van der Waals surface area contributed by atoms with E-state index in [2.05, 4.69) is 4.99 Å². The van der Waals surface area contributed by atoms with Gasteiger partial charge in [-0.15, -0.1) is 0 Å². The fourth-order valence-electron chi connectivity index (χ4n) is 1.35. The van der Waals surface area contributed by atoms with Gasteiger partial charge in [0.2, 0.25) is 0 Å². The molecule has 0 amide bonds. The molecule has 1 aliphatic heterocycles. The van der Waals surface area contributed by atoms with Crippen molar-refractivity contribution in [2.24, 2.45) is 10.7 Å². The Morgan fingerprint density at radius 1 is 1.31 bits per heavy atom. The monoisotopic (exact) mass is 179 g/mol. The molecule has 0 radical (unpaired) electrons. The zero-order valence-electron chi connectivity index (χ0n) is 7.07. The van der Waals surface area contributed by atoms with Gasteiger partial charge in [0.15, 0.2) is 5.96 Å². The van der Waals surface area contributed by atoms with E-state index in [1.807, 2.05) is 4.90 Å². The predicted octanol–water partition coefficient (Wildman–Crippen LogP) is 0.960. The summed E-state index contributed by atoms with van der Waals surface area (Å²) in [6.45, 7) is 1.49. The highest BCUT2D eigenvalue weighted by Crippen LogP contribution is 2.16. The number of hydrogen-bond donors (Lipinski definition) is 1. The van der Waals surface area contributed by atoms with Crippen LogP contribution in [-0.4, -0.2) is 19.0 Å². The van der Waals surface area contributed by atoms with Gasteiger partial charge < -0.3 is 10.6 Å². The SMILES string of the molecule is NC1=NCCN1c1ccc(F)cc1. The summed E-state index contributed by atoms with van der Waals surface area (Å²) < 4.78 is 12.6. The highest BCUT2D eigenvalue weighted by Gasteiger charge is 2.14. The molecule has 1 heterocycles. The maximum absolute atomic E-state index is 12.6. The van der Waals surface area contributed by atoms with Gasteiger partial charge in [-0.2, -0.15) is 0 Å². The molecule has 0 spiro atoms. The minimum Gasteiger partial charge on any atom is -0.370 e. The molecule has 1 aromatic rings. The van der Waals surface area contributed by atoms with Crippen LogP contribution >= 0.6 is 0 Å². The van der Waals surface area contributed by atoms with Crippen LogP contribution in [0.25, 0.3) is 0 Å². The highest BCUT2D eigenvalue weighted by atomic mass is 19.1. The summed E-state index contributed by atoms with van der Waals surface area (Å²) >= 11 is 0. The van der Waals surface area contributed by atoms with E-state index >= 15 is 0 Å². The minimum atomic E-state index is -0.238. The average molecular weight is 179 g/mol. The third-order valence-corrected chi connectivity index (χ3v) is 2.01. The molecule has 0 unspecified atom stereocenters. The highest BCUT2D eigenvalue weighted by molar-refractivity contribution is 5.96. The first-order valence-electron chi connectivity index (χ1n) is 4.10. The number of anilines is 1. The molecular weight excluding hydrogens is 169 g/mol. The normalized spacial score (nSPS) is 16.1. The Labute approximate surface area is 75.7 Å². The first-order chi connectivity index (χ1) is 6.27. The lowest BCUT2D eigenvalue weighted by atomic mass is 10.3. The Balaban J connectivity index is 2.26. The van der Waals surface area contributed by atoms with Crippen molar-refractivity contribution in [2.45, 2.75) is 0 Å². The molecule has 0 aromatic heterocycles. The fourth-order valence-corrected chi connectivity index (χ4v) is 1.35. The van der Waals surface area contributed by atoms with E-state index in [1.54, 1.807) is 12.1 Å². The number of halogens is 1.